The Bertz CT molecular complexity index is 393. The number of benzene rings is 1. The van der Waals surface area contributed by atoms with Crippen molar-refractivity contribution in [3.8, 4) is 0 Å². The third kappa shape index (κ3) is 2.42. The molecule has 1 aromatic rings. The van der Waals surface area contributed by atoms with Crippen molar-refractivity contribution in [1.82, 2.24) is 4.90 Å². The van der Waals surface area contributed by atoms with Gasteiger partial charge in [-0.05, 0) is 31.9 Å². The molecule has 1 saturated heterocycles. The molecule has 3 N–H and O–H groups in total. The van der Waals surface area contributed by atoms with Gasteiger partial charge in [-0.25, -0.2) is 4.79 Å². The van der Waals surface area contributed by atoms with Crippen LogP contribution in [0.4, 0.5) is 10.5 Å². The lowest BCUT2D eigenvalue weighted by Gasteiger charge is -2.34. The molecule has 4 nitrogen and oxygen atoms in total. The van der Waals surface area contributed by atoms with E-state index >= 15 is 0 Å². The first-order valence-corrected chi connectivity index (χ1v) is 5.99. The number of rotatable bonds is 2. The molecule has 1 atom stereocenters. The van der Waals surface area contributed by atoms with Crippen LogP contribution >= 0.6 is 0 Å². The molecule has 1 aromatic carbocycles. The van der Waals surface area contributed by atoms with Gasteiger partial charge in [-0.15, -0.1) is 0 Å². The number of anilines is 1. The van der Waals surface area contributed by atoms with E-state index in [-0.39, 0.29) is 11.6 Å². The van der Waals surface area contributed by atoms with Crippen molar-refractivity contribution in [1.29, 1.82) is 0 Å². The van der Waals surface area contributed by atoms with Gasteiger partial charge < -0.3 is 16.0 Å². The fourth-order valence-corrected chi connectivity index (χ4v) is 2.29. The molecule has 0 aromatic heterocycles. The van der Waals surface area contributed by atoms with Crippen molar-refractivity contribution < 1.29 is 4.79 Å². The van der Waals surface area contributed by atoms with E-state index in [2.05, 4.69) is 5.32 Å². The van der Waals surface area contributed by atoms with Gasteiger partial charge in [0, 0.05) is 18.8 Å². The zero-order chi connectivity index (χ0) is 12.3. The van der Waals surface area contributed by atoms with Crippen molar-refractivity contribution >= 4 is 11.7 Å². The minimum atomic E-state index is -0.196. The molecule has 2 amide bonds. The van der Waals surface area contributed by atoms with Gasteiger partial charge >= 0.3 is 6.03 Å². The third-order valence-electron chi connectivity index (χ3n) is 3.46. The quantitative estimate of drug-likeness (QED) is 0.821. The highest BCUT2D eigenvalue weighted by atomic mass is 16.2. The van der Waals surface area contributed by atoms with E-state index in [1.807, 2.05) is 42.2 Å². The summed E-state index contributed by atoms with van der Waals surface area (Å²) >= 11 is 0. The Hall–Kier alpha value is -1.55. The van der Waals surface area contributed by atoms with E-state index in [4.69, 9.17) is 5.73 Å². The normalized spacial score (nSPS) is 23.8. The SMILES string of the molecule is CC1(CN)CCCN1C(=O)Nc1ccccc1. The predicted octanol–water partition coefficient (Wildman–Crippen LogP) is 2.03. The molecule has 0 aliphatic carbocycles. The maximum atomic E-state index is 12.1. The number of hydrogen-bond acceptors (Lipinski definition) is 2. The molecule has 1 unspecified atom stereocenters. The lowest BCUT2D eigenvalue weighted by atomic mass is 10.00. The standard InChI is InChI=1S/C13H19N3O/c1-13(10-14)8-5-9-16(13)12(17)15-11-6-3-2-4-7-11/h2-4,6-7H,5,8-10,14H2,1H3,(H,15,17). The molecule has 0 spiro atoms. The number of carbonyl (C=O) groups excluding carboxylic acids is 1. The first kappa shape index (κ1) is 11.9. The average Bonchev–Trinajstić information content (AvgIpc) is 2.73. The third-order valence-corrected chi connectivity index (χ3v) is 3.46. The van der Waals surface area contributed by atoms with Gasteiger partial charge in [-0.1, -0.05) is 18.2 Å². The van der Waals surface area contributed by atoms with Gasteiger partial charge in [0.15, 0.2) is 0 Å². The Morgan fingerprint density at radius 1 is 1.47 bits per heavy atom. The highest BCUT2D eigenvalue weighted by Crippen LogP contribution is 2.28. The lowest BCUT2D eigenvalue weighted by molar-refractivity contribution is 0.172. The number of carbonyl (C=O) groups is 1. The molecule has 1 fully saturated rings. The molecular formula is C13H19N3O. The minimum Gasteiger partial charge on any atom is -0.328 e. The van der Waals surface area contributed by atoms with Crippen LogP contribution < -0.4 is 11.1 Å². The summed E-state index contributed by atoms with van der Waals surface area (Å²) in [6, 6.07) is 9.45. The summed E-state index contributed by atoms with van der Waals surface area (Å²) in [5.74, 6) is 0. The van der Waals surface area contributed by atoms with Crippen LogP contribution in [0.15, 0.2) is 30.3 Å². The number of para-hydroxylation sites is 1. The van der Waals surface area contributed by atoms with Crippen molar-refractivity contribution in [2.45, 2.75) is 25.3 Å². The van der Waals surface area contributed by atoms with Crippen LogP contribution in [0.2, 0.25) is 0 Å². The number of nitrogens with one attached hydrogen (secondary N) is 1. The number of nitrogens with zero attached hydrogens (tertiary/aromatic N) is 1. The summed E-state index contributed by atoms with van der Waals surface area (Å²) in [6.07, 6.45) is 2.00. The second kappa shape index (κ2) is 4.75. The molecular weight excluding hydrogens is 214 g/mol. The Morgan fingerprint density at radius 2 is 2.18 bits per heavy atom. The summed E-state index contributed by atoms with van der Waals surface area (Å²) in [6.45, 7) is 3.34. The summed E-state index contributed by atoms with van der Waals surface area (Å²) in [5, 5.41) is 2.90. The van der Waals surface area contributed by atoms with Crippen molar-refractivity contribution in [3.05, 3.63) is 30.3 Å². The molecule has 1 aliphatic rings. The van der Waals surface area contributed by atoms with E-state index in [0.29, 0.717) is 6.54 Å². The van der Waals surface area contributed by atoms with Crippen molar-refractivity contribution in [2.24, 2.45) is 5.73 Å². The topological polar surface area (TPSA) is 58.4 Å². The minimum absolute atomic E-state index is 0.0540. The highest BCUT2D eigenvalue weighted by molar-refractivity contribution is 5.90. The summed E-state index contributed by atoms with van der Waals surface area (Å²) in [7, 11) is 0. The van der Waals surface area contributed by atoms with Crippen LogP contribution in [-0.2, 0) is 0 Å². The van der Waals surface area contributed by atoms with Crippen LogP contribution in [0.3, 0.4) is 0 Å². The molecule has 0 radical (unpaired) electrons. The summed E-state index contributed by atoms with van der Waals surface area (Å²) in [5.41, 5.74) is 6.40. The maximum absolute atomic E-state index is 12.1. The first-order valence-electron chi connectivity index (χ1n) is 5.99. The molecule has 0 saturated carbocycles. The second-order valence-corrected chi connectivity index (χ2v) is 4.75. The number of hydrogen-bond donors (Lipinski definition) is 2. The van der Waals surface area contributed by atoms with Crippen LogP contribution in [-0.4, -0.2) is 29.6 Å². The number of nitrogens with two attached hydrogens (primary N) is 1. The van der Waals surface area contributed by atoms with Gasteiger partial charge in [0.25, 0.3) is 0 Å². The van der Waals surface area contributed by atoms with Crippen LogP contribution in [0.1, 0.15) is 19.8 Å². The van der Waals surface area contributed by atoms with E-state index in [0.717, 1.165) is 25.1 Å². The Morgan fingerprint density at radius 3 is 2.82 bits per heavy atom. The van der Waals surface area contributed by atoms with Crippen LogP contribution in [0, 0.1) is 0 Å². The Kier molecular flexibility index (Phi) is 3.33. The number of urea groups is 1. The molecule has 17 heavy (non-hydrogen) atoms. The molecule has 92 valence electrons. The zero-order valence-electron chi connectivity index (χ0n) is 10.1. The van der Waals surface area contributed by atoms with Gasteiger partial charge in [-0.3, -0.25) is 0 Å². The molecule has 4 heteroatoms. The van der Waals surface area contributed by atoms with Crippen LogP contribution in [0.25, 0.3) is 0 Å². The number of amides is 2. The molecule has 1 heterocycles. The first-order chi connectivity index (χ1) is 8.15. The fourth-order valence-electron chi connectivity index (χ4n) is 2.29. The Labute approximate surface area is 102 Å². The van der Waals surface area contributed by atoms with Gasteiger partial charge in [0.05, 0.1) is 5.54 Å². The zero-order valence-corrected chi connectivity index (χ0v) is 10.1. The van der Waals surface area contributed by atoms with E-state index in [1.54, 1.807) is 0 Å². The summed E-state index contributed by atoms with van der Waals surface area (Å²) < 4.78 is 0. The van der Waals surface area contributed by atoms with Gasteiger partial charge in [0.1, 0.15) is 0 Å². The van der Waals surface area contributed by atoms with Gasteiger partial charge in [-0.2, -0.15) is 0 Å². The average molecular weight is 233 g/mol. The van der Waals surface area contributed by atoms with Crippen molar-refractivity contribution in [2.75, 3.05) is 18.4 Å². The van der Waals surface area contributed by atoms with Crippen molar-refractivity contribution in [3.63, 3.8) is 0 Å². The lowest BCUT2D eigenvalue weighted by Crippen LogP contribution is -2.51. The number of likely N-dealkylation sites (tertiary alicyclic amines) is 1. The molecule has 0 bridgehead atoms. The largest absolute Gasteiger partial charge is 0.328 e. The highest BCUT2D eigenvalue weighted by Gasteiger charge is 2.38. The van der Waals surface area contributed by atoms with Gasteiger partial charge in [0.2, 0.25) is 0 Å². The fraction of sp³-hybridized carbons (Fsp3) is 0.462. The summed E-state index contributed by atoms with van der Waals surface area (Å²) in [4.78, 5) is 14.0. The Balaban J connectivity index is 2.06. The van der Waals surface area contributed by atoms with E-state index in [1.165, 1.54) is 0 Å². The smallest absolute Gasteiger partial charge is 0.322 e. The maximum Gasteiger partial charge on any atom is 0.322 e. The van der Waals surface area contributed by atoms with E-state index in [9.17, 15) is 4.79 Å². The molecule has 2 rings (SSSR count). The predicted molar refractivity (Wildman–Crippen MR) is 68.9 cm³/mol. The van der Waals surface area contributed by atoms with Crippen LogP contribution in [0.5, 0.6) is 0 Å². The van der Waals surface area contributed by atoms with E-state index < -0.39 is 0 Å². The monoisotopic (exact) mass is 233 g/mol. The molecule has 1 aliphatic heterocycles. The second-order valence-electron chi connectivity index (χ2n) is 4.75.